The number of carbonyl (C=O) groups is 2. The number of nitrogens with zero attached hydrogens (tertiary/aromatic N) is 3. The van der Waals surface area contributed by atoms with Crippen LogP contribution in [0.5, 0.6) is 0 Å². The molecular weight excluding hydrogens is 296 g/mol. The molecule has 1 N–H and O–H groups in total. The first-order valence-corrected chi connectivity index (χ1v) is 8.32. The summed E-state index contributed by atoms with van der Waals surface area (Å²) in [5, 5.41) is 10.5. The van der Waals surface area contributed by atoms with Crippen molar-refractivity contribution in [1.82, 2.24) is 20.5 Å². The molecule has 0 atom stereocenters. The molecule has 7 heteroatoms. The fraction of sp³-hybridized carbons (Fsp3) is 0.750. The third-order valence-electron chi connectivity index (χ3n) is 5.13. The standard InChI is InChI=1S/C16H24N4O3/c1-11-13(19-23-18-11)9-14(21)20-7-3-12(4-8-20)10-17-15(22)16(2)5-6-16/h12H,3-10H2,1-2H3,(H,17,22). The Morgan fingerprint density at radius 3 is 2.57 bits per heavy atom. The second kappa shape index (κ2) is 6.29. The zero-order chi connectivity index (χ0) is 16.4. The molecule has 1 saturated heterocycles. The minimum absolute atomic E-state index is 0.0665. The SMILES string of the molecule is Cc1nonc1CC(=O)N1CCC(CNC(=O)C2(C)CC2)CC1. The van der Waals surface area contributed by atoms with E-state index in [0.29, 0.717) is 17.3 Å². The molecule has 1 aliphatic heterocycles. The van der Waals surface area contributed by atoms with Crippen LogP contribution in [0, 0.1) is 18.3 Å². The summed E-state index contributed by atoms with van der Waals surface area (Å²) < 4.78 is 4.63. The normalized spacial score (nSPS) is 20.3. The number of hydrogen-bond acceptors (Lipinski definition) is 5. The molecule has 23 heavy (non-hydrogen) atoms. The lowest BCUT2D eigenvalue weighted by Crippen LogP contribution is -2.43. The van der Waals surface area contributed by atoms with Crippen molar-refractivity contribution in [1.29, 1.82) is 0 Å². The van der Waals surface area contributed by atoms with Gasteiger partial charge in [-0.2, -0.15) is 0 Å². The van der Waals surface area contributed by atoms with Gasteiger partial charge in [-0.25, -0.2) is 4.63 Å². The van der Waals surface area contributed by atoms with E-state index in [-0.39, 0.29) is 23.7 Å². The zero-order valence-electron chi connectivity index (χ0n) is 13.8. The minimum atomic E-state index is -0.111. The summed E-state index contributed by atoms with van der Waals surface area (Å²) in [4.78, 5) is 26.1. The van der Waals surface area contributed by atoms with Gasteiger partial charge in [-0.15, -0.1) is 0 Å². The number of carbonyl (C=O) groups excluding carboxylic acids is 2. The van der Waals surface area contributed by atoms with E-state index >= 15 is 0 Å². The lowest BCUT2D eigenvalue weighted by Gasteiger charge is -2.32. The Morgan fingerprint density at radius 1 is 1.30 bits per heavy atom. The van der Waals surface area contributed by atoms with Crippen molar-refractivity contribution in [3.63, 3.8) is 0 Å². The smallest absolute Gasteiger partial charge is 0.228 e. The number of rotatable bonds is 5. The van der Waals surface area contributed by atoms with E-state index in [0.717, 1.165) is 45.3 Å². The molecule has 2 amide bonds. The van der Waals surface area contributed by atoms with Crippen LogP contribution in [-0.2, 0) is 16.0 Å². The highest BCUT2D eigenvalue weighted by Gasteiger charge is 2.44. The summed E-state index contributed by atoms with van der Waals surface area (Å²) in [5.41, 5.74) is 1.17. The van der Waals surface area contributed by atoms with E-state index in [1.807, 2.05) is 11.8 Å². The van der Waals surface area contributed by atoms with E-state index in [1.165, 1.54) is 0 Å². The Bertz CT molecular complexity index is 586. The molecule has 0 aromatic carbocycles. The molecule has 7 nitrogen and oxygen atoms in total. The summed E-state index contributed by atoms with van der Waals surface area (Å²) in [6, 6.07) is 0. The van der Waals surface area contributed by atoms with Gasteiger partial charge in [-0.3, -0.25) is 9.59 Å². The predicted octanol–water partition coefficient (Wildman–Crippen LogP) is 1.08. The van der Waals surface area contributed by atoms with Crippen LogP contribution in [0.25, 0.3) is 0 Å². The third kappa shape index (κ3) is 3.71. The summed E-state index contributed by atoms with van der Waals surface area (Å²) in [5.74, 6) is 0.711. The average molecular weight is 320 g/mol. The van der Waals surface area contributed by atoms with Gasteiger partial charge in [0.05, 0.1) is 6.42 Å². The second-order valence-corrected chi connectivity index (χ2v) is 7.07. The van der Waals surface area contributed by atoms with Gasteiger partial charge in [0.1, 0.15) is 11.4 Å². The lowest BCUT2D eigenvalue weighted by molar-refractivity contribution is -0.132. The van der Waals surface area contributed by atoms with Crippen LogP contribution in [0.15, 0.2) is 4.63 Å². The number of aromatic nitrogens is 2. The first-order chi connectivity index (χ1) is 11.0. The van der Waals surface area contributed by atoms with Crippen LogP contribution in [0.3, 0.4) is 0 Å². The van der Waals surface area contributed by atoms with Crippen LogP contribution >= 0.6 is 0 Å². The Labute approximate surface area is 135 Å². The minimum Gasteiger partial charge on any atom is -0.355 e. The van der Waals surface area contributed by atoms with Crippen molar-refractivity contribution in [2.45, 2.75) is 46.0 Å². The van der Waals surface area contributed by atoms with Gasteiger partial charge in [-0.1, -0.05) is 17.2 Å². The molecule has 126 valence electrons. The van der Waals surface area contributed by atoms with Crippen molar-refractivity contribution in [2.75, 3.05) is 19.6 Å². The highest BCUT2D eigenvalue weighted by Crippen LogP contribution is 2.45. The van der Waals surface area contributed by atoms with Gasteiger partial charge in [0.2, 0.25) is 11.8 Å². The van der Waals surface area contributed by atoms with Gasteiger partial charge in [-0.05, 0) is 38.5 Å². The highest BCUT2D eigenvalue weighted by molar-refractivity contribution is 5.84. The van der Waals surface area contributed by atoms with Gasteiger partial charge in [0.25, 0.3) is 0 Å². The van der Waals surface area contributed by atoms with Crippen LogP contribution < -0.4 is 5.32 Å². The molecular formula is C16H24N4O3. The molecule has 2 fully saturated rings. The van der Waals surface area contributed by atoms with E-state index < -0.39 is 0 Å². The molecule has 0 radical (unpaired) electrons. The molecule has 1 aromatic heterocycles. The van der Waals surface area contributed by atoms with E-state index in [9.17, 15) is 9.59 Å². The monoisotopic (exact) mass is 320 g/mol. The zero-order valence-corrected chi connectivity index (χ0v) is 13.8. The van der Waals surface area contributed by atoms with Crippen LogP contribution in [0.2, 0.25) is 0 Å². The number of likely N-dealkylation sites (tertiary alicyclic amines) is 1. The first kappa shape index (κ1) is 16.0. The molecule has 2 heterocycles. The van der Waals surface area contributed by atoms with Crippen molar-refractivity contribution in [3.8, 4) is 0 Å². The Balaban J connectivity index is 1.40. The topological polar surface area (TPSA) is 88.3 Å². The van der Waals surface area contributed by atoms with Crippen LogP contribution in [-0.4, -0.2) is 46.7 Å². The van der Waals surface area contributed by atoms with Crippen LogP contribution in [0.4, 0.5) is 0 Å². The lowest BCUT2D eigenvalue weighted by atomic mass is 9.96. The van der Waals surface area contributed by atoms with Crippen LogP contribution in [0.1, 0.15) is 44.0 Å². The number of nitrogens with one attached hydrogen (secondary N) is 1. The fourth-order valence-corrected chi connectivity index (χ4v) is 2.92. The van der Waals surface area contributed by atoms with E-state index in [1.54, 1.807) is 6.92 Å². The number of aryl methyl sites for hydroxylation is 1. The second-order valence-electron chi connectivity index (χ2n) is 7.07. The quantitative estimate of drug-likeness (QED) is 0.877. The van der Waals surface area contributed by atoms with Gasteiger partial charge in [0, 0.05) is 25.0 Å². The molecule has 1 saturated carbocycles. The largest absolute Gasteiger partial charge is 0.355 e. The third-order valence-corrected chi connectivity index (χ3v) is 5.13. The van der Waals surface area contributed by atoms with Crippen molar-refractivity contribution >= 4 is 11.8 Å². The number of amides is 2. The van der Waals surface area contributed by atoms with Crippen molar-refractivity contribution in [2.24, 2.45) is 11.3 Å². The number of piperidine rings is 1. The van der Waals surface area contributed by atoms with Gasteiger partial charge in [0.15, 0.2) is 0 Å². The summed E-state index contributed by atoms with van der Waals surface area (Å²) in [6.07, 6.45) is 4.11. The van der Waals surface area contributed by atoms with Gasteiger partial charge >= 0.3 is 0 Å². The maximum absolute atomic E-state index is 12.3. The summed E-state index contributed by atoms with van der Waals surface area (Å²) >= 11 is 0. The first-order valence-electron chi connectivity index (χ1n) is 8.32. The number of hydrogen-bond donors (Lipinski definition) is 1. The Hall–Kier alpha value is -1.92. The maximum Gasteiger partial charge on any atom is 0.228 e. The molecule has 0 bridgehead atoms. The van der Waals surface area contributed by atoms with E-state index in [2.05, 4.69) is 20.3 Å². The maximum atomic E-state index is 12.3. The molecule has 1 aromatic rings. The summed E-state index contributed by atoms with van der Waals surface area (Å²) in [6.45, 7) is 6.00. The average Bonchev–Trinajstić information content (AvgIpc) is 3.18. The van der Waals surface area contributed by atoms with Gasteiger partial charge < -0.3 is 10.2 Å². The summed E-state index contributed by atoms with van der Waals surface area (Å²) in [7, 11) is 0. The predicted molar refractivity (Wildman–Crippen MR) is 82.4 cm³/mol. The molecule has 1 aliphatic carbocycles. The Kier molecular flexibility index (Phi) is 4.37. The molecule has 0 unspecified atom stereocenters. The molecule has 2 aliphatic rings. The highest BCUT2D eigenvalue weighted by atomic mass is 16.6. The Morgan fingerprint density at radius 2 is 2.00 bits per heavy atom. The molecule has 3 rings (SSSR count). The fourth-order valence-electron chi connectivity index (χ4n) is 2.92. The van der Waals surface area contributed by atoms with Crippen molar-refractivity contribution < 1.29 is 14.2 Å². The molecule has 0 spiro atoms. The van der Waals surface area contributed by atoms with E-state index in [4.69, 9.17) is 0 Å². The van der Waals surface area contributed by atoms with Crippen molar-refractivity contribution in [3.05, 3.63) is 11.4 Å².